The van der Waals surface area contributed by atoms with Gasteiger partial charge < -0.3 is 15.0 Å². The second-order valence-electron chi connectivity index (χ2n) is 11.5. The summed E-state index contributed by atoms with van der Waals surface area (Å²) in [5.41, 5.74) is 2.83. The van der Waals surface area contributed by atoms with Crippen LogP contribution in [-0.2, 0) is 32.6 Å². The zero-order valence-corrected chi connectivity index (χ0v) is 28.9. The molecule has 4 rings (SSSR count). The van der Waals surface area contributed by atoms with Gasteiger partial charge in [-0.15, -0.1) is 0 Å². The van der Waals surface area contributed by atoms with Gasteiger partial charge in [-0.3, -0.25) is 13.9 Å². The van der Waals surface area contributed by atoms with Crippen molar-refractivity contribution in [2.24, 2.45) is 5.92 Å². The number of aryl methyl sites for hydroxylation is 1. The number of anilines is 1. The lowest BCUT2D eigenvalue weighted by Gasteiger charge is -2.34. The average molecular weight is 707 g/mol. The molecule has 0 heterocycles. The number of sulfonamides is 1. The molecule has 0 saturated heterocycles. The molecule has 242 valence electrons. The number of hydrogen-bond donors (Lipinski definition) is 1. The molecule has 0 saturated carbocycles. The SMILES string of the molecule is COc1cccc(N(CC(=O)N(Cc2ccc(Br)cc2)C(Cc2ccccc2)C(=O)NCC(C)C)S(=O)(=O)c2ccc(C)cc2)c1. The Morgan fingerprint density at radius 3 is 2.17 bits per heavy atom. The van der Waals surface area contributed by atoms with Crippen LogP contribution in [0.5, 0.6) is 5.75 Å². The monoisotopic (exact) mass is 705 g/mol. The number of halogens is 1. The fourth-order valence-electron chi connectivity index (χ4n) is 4.89. The van der Waals surface area contributed by atoms with E-state index in [4.69, 9.17) is 4.74 Å². The number of nitrogens with zero attached hydrogens (tertiary/aromatic N) is 2. The summed E-state index contributed by atoms with van der Waals surface area (Å²) in [7, 11) is -2.71. The molecule has 4 aromatic rings. The highest BCUT2D eigenvalue weighted by Gasteiger charge is 2.34. The van der Waals surface area contributed by atoms with E-state index in [9.17, 15) is 18.0 Å². The van der Waals surface area contributed by atoms with E-state index in [1.807, 2.05) is 75.4 Å². The summed E-state index contributed by atoms with van der Waals surface area (Å²) < 4.78 is 35.7. The third-order valence-electron chi connectivity index (χ3n) is 7.45. The average Bonchev–Trinajstić information content (AvgIpc) is 3.05. The number of carbonyl (C=O) groups is 2. The first-order valence-electron chi connectivity index (χ1n) is 15.1. The van der Waals surface area contributed by atoms with Crippen molar-refractivity contribution in [3.8, 4) is 5.75 Å². The first kappa shape index (κ1) is 34.7. The molecule has 4 aromatic carbocycles. The minimum absolute atomic E-state index is 0.0451. The minimum Gasteiger partial charge on any atom is -0.497 e. The van der Waals surface area contributed by atoms with Gasteiger partial charge in [-0.1, -0.05) is 96.0 Å². The van der Waals surface area contributed by atoms with E-state index in [-0.39, 0.29) is 35.4 Å². The van der Waals surface area contributed by atoms with Gasteiger partial charge in [0.1, 0.15) is 18.3 Å². The van der Waals surface area contributed by atoms with Crippen LogP contribution >= 0.6 is 15.9 Å². The van der Waals surface area contributed by atoms with Crippen molar-refractivity contribution in [1.82, 2.24) is 10.2 Å². The maximum absolute atomic E-state index is 14.6. The highest BCUT2D eigenvalue weighted by Crippen LogP contribution is 2.28. The smallest absolute Gasteiger partial charge is 0.264 e. The Labute approximate surface area is 280 Å². The third kappa shape index (κ3) is 9.20. The summed E-state index contributed by atoms with van der Waals surface area (Å²) in [6.45, 7) is 5.86. The summed E-state index contributed by atoms with van der Waals surface area (Å²) in [6, 6.07) is 29.1. The summed E-state index contributed by atoms with van der Waals surface area (Å²) in [6.07, 6.45) is 0.247. The summed E-state index contributed by atoms with van der Waals surface area (Å²) in [5, 5.41) is 3.01. The van der Waals surface area contributed by atoms with Gasteiger partial charge in [0.2, 0.25) is 11.8 Å². The second-order valence-corrected chi connectivity index (χ2v) is 14.3. The molecular weight excluding hydrogens is 666 g/mol. The number of rotatable bonds is 14. The standard InChI is InChI=1S/C36H40BrN3O5S/c1-26(2)23-38-36(42)34(21-28-9-6-5-7-10-28)39(24-29-15-17-30(37)18-16-29)35(41)25-40(31-11-8-12-32(22-31)45-4)46(43,44)33-19-13-27(3)14-20-33/h5-20,22,26,34H,21,23-25H2,1-4H3,(H,38,42). The topological polar surface area (TPSA) is 96.0 Å². The molecular formula is C36H40BrN3O5S. The van der Waals surface area contributed by atoms with E-state index in [2.05, 4.69) is 21.2 Å². The Balaban J connectivity index is 1.81. The van der Waals surface area contributed by atoms with Crippen LogP contribution in [0.3, 0.4) is 0 Å². The molecule has 0 bridgehead atoms. The van der Waals surface area contributed by atoms with Gasteiger partial charge in [0.15, 0.2) is 0 Å². The maximum Gasteiger partial charge on any atom is 0.264 e. The quantitative estimate of drug-likeness (QED) is 0.164. The van der Waals surface area contributed by atoms with Gasteiger partial charge in [-0.05, 0) is 60.4 Å². The minimum atomic E-state index is -4.21. The van der Waals surface area contributed by atoms with Gasteiger partial charge in [-0.2, -0.15) is 0 Å². The van der Waals surface area contributed by atoms with E-state index in [1.165, 1.54) is 24.1 Å². The molecule has 0 aliphatic rings. The third-order valence-corrected chi connectivity index (χ3v) is 9.77. The van der Waals surface area contributed by atoms with Gasteiger partial charge in [0.05, 0.1) is 17.7 Å². The number of carbonyl (C=O) groups excluding carboxylic acids is 2. The van der Waals surface area contributed by atoms with Crippen LogP contribution in [0.1, 0.15) is 30.5 Å². The maximum atomic E-state index is 14.6. The summed E-state index contributed by atoms with van der Waals surface area (Å²) >= 11 is 3.46. The zero-order chi connectivity index (χ0) is 33.3. The van der Waals surface area contributed by atoms with Crippen molar-refractivity contribution in [2.45, 2.75) is 44.7 Å². The number of nitrogens with one attached hydrogen (secondary N) is 1. The van der Waals surface area contributed by atoms with Crippen molar-refractivity contribution < 1.29 is 22.7 Å². The van der Waals surface area contributed by atoms with Crippen molar-refractivity contribution in [1.29, 1.82) is 0 Å². The number of hydrogen-bond acceptors (Lipinski definition) is 5. The Kier molecular flexibility index (Phi) is 12.0. The molecule has 0 fully saturated rings. The van der Waals surface area contributed by atoms with E-state index < -0.39 is 28.5 Å². The predicted molar refractivity (Wildman–Crippen MR) is 185 cm³/mol. The molecule has 0 aliphatic carbocycles. The van der Waals surface area contributed by atoms with Crippen molar-refractivity contribution >= 4 is 43.5 Å². The van der Waals surface area contributed by atoms with Crippen LogP contribution in [0.2, 0.25) is 0 Å². The molecule has 1 N–H and O–H groups in total. The van der Waals surface area contributed by atoms with Crippen molar-refractivity contribution in [2.75, 3.05) is 24.5 Å². The Morgan fingerprint density at radius 2 is 1.54 bits per heavy atom. The molecule has 1 atom stereocenters. The fourth-order valence-corrected chi connectivity index (χ4v) is 6.57. The second kappa shape index (κ2) is 15.9. The van der Waals surface area contributed by atoms with Gasteiger partial charge in [0.25, 0.3) is 10.0 Å². The Morgan fingerprint density at radius 1 is 0.870 bits per heavy atom. The fraction of sp³-hybridized carbons (Fsp3) is 0.278. The Hall–Kier alpha value is -4.15. The van der Waals surface area contributed by atoms with Crippen LogP contribution in [0.25, 0.3) is 0 Å². The number of ether oxygens (including phenoxy) is 1. The van der Waals surface area contributed by atoms with Crippen molar-refractivity contribution in [3.05, 3.63) is 124 Å². The number of methoxy groups -OCH3 is 1. The lowest BCUT2D eigenvalue weighted by molar-refractivity contribution is -0.140. The van der Waals surface area contributed by atoms with E-state index in [0.29, 0.717) is 12.3 Å². The molecule has 10 heteroatoms. The molecule has 1 unspecified atom stereocenters. The molecule has 0 aliphatic heterocycles. The van der Waals surface area contributed by atoms with Crippen LogP contribution in [0.15, 0.2) is 112 Å². The van der Waals surface area contributed by atoms with Crippen LogP contribution in [0, 0.1) is 12.8 Å². The zero-order valence-electron chi connectivity index (χ0n) is 26.5. The molecule has 46 heavy (non-hydrogen) atoms. The lowest BCUT2D eigenvalue weighted by Crippen LogP contribution is -2.53. The first-order valence-corrected chi connectivity index (χ1v) is 17.3. The number of amides is 2. The predicted octanol–water partition coefficient (Wildman–Crippen LogP) is 6.37. The summed E-state index contributed by atoms with van der Waals surface area (Å²) in [4.78, 5) is 30.0. The number of benzene rings is 4. The highest BCUT2D eigenvalue weighted by molar-refractivity contribution is 9.10. The van der Waals surface area contributed by atoms with Crippen LogP contribution in [-0.4, -0.2) is 51.4 Å². The first-order chi connectivity index (χ1) is 22.0. The molecule has 0 spiro atoms. The van der Waals surface area contributed by atoms with E-state index in [1.54, 1.807) is 36.4 Å². The van der Waals surface area contributed by atoms with Crippen LogP contribution < -0.4 is 14.4 Å². The molecule has 0 aromatic heterocycles. The van der Waals surface area contributed by atoms with Gasteiger partial charge in [-0.25, -0.2) is 8.42 Å². The Bertz CT molecular complexity index is 1710. The van der Waals surface area contributed by atoms with Crippen molar-refractivity contribution in [3.63, 3.8) is 0 Å². The van der Waals surface area contributed by atoms with Crippen LogP contribution in [0.4, 0.5) is 5.69 Å². The molecule has 8 nitrogen and oxygen atoms in total. The molecule has 0 radical (unpaired) electrons. The van der Waals surface area contributed by atoms with Gasteiger partial charge in [0, 0.05) is 30.0 Å². The largest absolute Gasteiger partial charge is 0.497 e. The highest BCUT2D eigenvalue weighted by atomic mass is 79.9. The normalized spacial score (nSPS) is 12.0. The lowest BCUT2D eigenvalue weighted by atomic mass is 10.0. The van der Waals surface area contributed by atoms with Gasteiger partial charge >= 0.3 is 0 Å². The van der Waals surface area contributed by atoms with E-state index >= 15 is 0 Å². The summed E-state index contributed by atoms with van der Waals surface area (Å²) in [5.74, 6) is -0.199. The molecule has 2 amide bonds. The van der Waals surface area contributed by atoms with E-state index in [0.717, 1.165) is 25.5 Å².